The second-order valence-corrected chi connectivity index (χ2v) is 6.64. The van der Waals surface area contributed by atoms with Crippen LogP contribution in [-0.2, 0) is 0 Å². The third-order valence-electron chi connectivity index (χ3n) is 4.98. The molecule has 1 aromatic carbocycles. The monoisotopic (exact) mass is 363 g/mol. The molecule has 7 nitrogen and oxygen atoms in total. The molecule has 3 aromatic heterocycles. The number of aromatic nitrogens is 5. The summed E-state index contributed by atoms with van der Waals surface area (Å²) in [5.74, 6) is -0.0538. The predicted molar refractivity (Wildman–Crippen MR) is 96.2 cm³/mol. The highest BCUT2D eigenvalue weighted by atomic mass is 19.1. The lowest BCUT2D eigenvalue weighted by Crippen LogP contribution is -2.23. The van der Waals surface area contributed by atoms with Gasteiger partial charge in [-0.15, -0.1) is 0 Å². The maximum absolute atomic E-state index is 14.1. The van der Waals surface area contributed by atoms with Gasteiger partial charge in [0.05, 0.1) is 11.3 Å². The molecule has 0 radical (unpaired) electrons. The quantitative estimate of drug-likeness (QED) is 0.583. The Morgan fingerprint density at radius 1 is 1.15 bits per heavy atom. The Bertz CT molecular complexity index is 1290. The van der Waals surface area contributed by atoms with Gasteiger partial charge in [0.25, 0.3) is 5.56 Å². The molecule has 8 heteroatoms. The largest absolute Gasteiger partial charge is 0.325 e. The zero-order valence-electron chi connectivity index (χ0n) is 14.0. The van der Waals surface area contributed by atoms with Crippen molar-refractivity contribution < 1.29 is 4.39 Å². The van der Waals surface area contributed by atoms with Crippen molar-refractivity contribution in [3.05, 3.63) is 86.7 Å². The van der Waals surface area contributed by atoms with Crippen LogP contribution in [0.1, 0.15) is 29.4 Å². The Hall–Kier alpha value is -3.55. The summed E-state index contributed by atoms with van der Waals surface area (Å²) in [6.07, 6.45) is 5.47. The first kappa shape index (κ1) is 15.7. The number of hydrogen-bond donors (Lipinski definition) is 2. The molecular formula is C19H14FN5O2. The minimum absolute atomic E-state index is 0.0656. The minimum Gasteiger partial charge on any atom is -0.313 e. The van der Waals surface area contributed by atoms with Gasteiger partial charge in [-0.05, 0) is 36.0 Å². The predicted octanol–water partition coefficient (Wildman–Crippen LogP) is 2.18. The zero-order valence-corrected chi connectivity index (χ0v) is 14.0. The van der Waals surface area contributed by atoms with Gasteiger partial charge in [0.15, 0.2) is 5.65 Å². The summed E-state index contributed by atoms with van der Waals surface area (Å²) in [4.78, 5) is 32.5. The molecule has 0 saturated heterocycles. The first-order chi connectivity index (χ1) is 13.1. The molecule has 27 heavy (non-hydrogen) atoms. The third-order valence-corrected chi connectivity index (χ3v) is 4.98. The first-order valence-electron chi connectivity index (χ1n) is 8.53. The number of nitrogens with zero attached hydrogens (tertiary/aromatic N) is 3. The van der Waals surface area contributed by atoms with Crippen LogP contribution in [0.3, 0.4) is 0 Å². The Morgan fingerprint density at radius 3 is 2.78 bits per heavy atom. The summed E-state index contributed by atoms with van der Waals surface area (Å²) in [7, 11) is 0. The van der Waals surface area contributed by atoms with E-state index < -0.39 is 11.2 Å². The van der Waals surface area contributed by atoms with Gasteiger partial charge in [-0.2, -0.15) is 5.10 Å². The fourth-order valence-electron chi connectivity index (χ4n) is 3.60. The van der Waals surface area contributed by atoms with Crippen LogP contribution in [0.15, 0.2) is 58.5 Å². The summed E-state index contributed by atoms with van der Waals surface area (Å²) >= 11 is 0. The van der Waals surface area contributed by atoms with Crippen LogP contribution >= 0.6 is 0 Å². The van der Waals surface area contributed by atoms with E-state index in [1.54, 1.807) is 35.1 Å². The van der Waals surface area contributed by atoms with Crippen LogP contribution in [-0.4, -0.2) is 24.6 Å². The van der Waals surface area contributed by atoms with E-state index in [-0.39, 0.29) is 23.2 Å². The molecule has 0 amide bonds. The highest BCUT2D eigenvalue weighted by molar-refractivity contribution is 5.63. The van der Waals surface area contributed by atoms with Crippen molar-refractivity contribution >= 4 is 5.65 Å². The molecular weight excluding hydrogens is 349 g/mol. The summed E-state index contributed by atoms with van der Waals surface area (Å²) in [5.41, 5.74) is 1.87. The van der Waals surface area contributed by atoms with E-state index >= 15 is 0 Å². The standard InChI is InChI=1S/C19H14FN5O2/c20-15-4-2-1-3-10(15)11-7-12(11)13-8-16(24-25-6-5-21-17(13)25)14-9-22-19(27)23-18(14)26/h1-6,8-9,11-12H,7H2,(H2,22,23,26,27)/t11-,12+/m1/s1. The van der Waals surface area contributed by atoms with Gasteiger partial charge < -0.3 is 4.98 Å². The van der Waals surface area contributed by atoms with E-state index in [1.807, 2.05) is 6.07 Å². The highest BCUT2D eigenvalue weighted by Crippen LogP contribution is 2.56. The Morgan fingerprint density at radius 2 is 1.96 bits per heavy atom. The number of benzene rings is 1. The van der Waals surface area contributed by atoms with Gasteiger partial charge in [-0.25, -0.2) is 18.7 Å². The molecule has 1 aliphatic carbocycles. The van der Waals surface area contributed by atoms with Crippen LogP contribution in [0.5, 0.6) is 0 Å². The SMILES string of the molecule is O=c1[nH]cc(-c2cc([C@H]3C[C@@H]3c3ccccc3F)c3nccn3n2)c(=O)[nH]1. The average molecular weight is 363 g/mol. The molecule has 5 rings (SSSR count). The van der Waals surface area contributed by atoms with Crippen molar-refractivity contribution in [2.45, 2.75) is 18.3 Å². The lowest BCUT2D eigenvalue weighted by molar-refractivity contribution is 0.609. The van der Waals surface area contributed by atoms with E-state index in [0.717, 1.165) is 12.0 Å². The minimum atomic E-state index is -0.575. The van der Waals surface area contributed by atoms with Crippen LogP contribution in [0.2, 0.25) is 0 Å². The van der Waals surface area contributed by atoms with Crippen LogP contribution in [0.4, 0.5) is 4.39 Å². The molecule has 3 heterocycles. The molecule has 1 aliphatic rings. The van der Waals surface area contributed by atoms with Crippen LogP contribution in [0.25, 0.3) is 16.9 Å². The number of rotatable bonds is 3. The van der Waals surface area contributed by atoms with Crippen molar-refractivity contribution in [2.24, 2.45) is 0 Å². The molecule has 0 unspecified atom stereocenters. The maximum Gasteiger partial charge on any atom is 0.325 e. The van der Waals surface area contributed by atoms with Crippen molar-refractivity contribution in [2.75, 3.05) is 0 Å². The maximum atomic E-state index is 14.1. The van der Waals surface area contributed by atoms with Gasteiger partial charge in [-0.3, -0.25) is 9.78 Å². The van der Waals surface area contributed by atoms with Gasteiger partial charge in [0.1, 0.15) is 5.82 Å². The van der Waals surface area contributed by atoms with E-state index in [1.165, 1.54) is 12.3 Å². The fraction of sp³-hybridized carbons (Fsp3) is 0.158. The lowest BCUT2D eigenvalue weighted by Gasteiger charge is -2.07. The van der Waals surface area contributed by atoms with E-state index in [2.05, 4.69) is 20.1 Å². The zero-order chi connectivity index (χ0) is 18.5. The molecule has 4 aromatic rings. The highest BCUT2D eigenvalue weighted by Gasteiger charge is 2.42. The topological polar surface area (TPSA) is 95.9 Å². The lowest BCUT2D eigenvalue weighted by atomic mass is 10.0. The Kier molecular flexibility index (Phi) is 3.33. The van der Waals surface area contributed by atoms with Crippen LogP contribution < -0.4 is 11.2 Å². The smallest absolute Gasteiger partial charge is 0.313 e. The molecule has 0 spiro atoms. The van der Waals surface area contributed by atoms with Crippen molar-refractivity contribution in [1.82, 2.24) is 24.6 Å². The number of aromatic amines is 2. The Balaban J connectivity index is 1.63. The van der Waals surface area contributed by atoms with Crippen molar-refractivity contribution in [3.63, 3.8) is 0 Å². The number of halogens is 1. The summed E-state index contributed by atoms with van der Waals surface area (Å²) < 4.78 is 15.7. The first-order valence-corrected chi connectivity index (χ1v) is 8.53. The van der Waals surface area contributed by atoms with Crippen molar-refractivity contribution in [3.8, 4) is 11.3 Å². The van der Waals surface area contributed by atoms with E-state index in [0.29, 0.717) is 16.9 Å². The number of hydrogen-bond acceptors (Lipinski definition) is 4. The second-order valence-electron chi connectivity index (χ2n) is 6.64. The summed E-state index contributed by atoms with van der Waals surface area (Å²) in [6, 6.07) is 8.58. The molecule has 2 atom stereocenters. The number of nitrogens with one attached hydrogen (secondary N) is 2. The molecule has 2 N–H and O–H groups in total. The normalized spacial score (nSPS) is 18.7. The van der Waals surface area contributed by atoms with Gasteiger partial charge in [0, 0.05) is 24.2 Å². The molecule has 134 valence electrons. The van der Waals surface area contributed by atoms with E-state index in [9.17, 15) is 14.0 Å². The van der Waals surface area contributed by atoms with Gasteiger partial charge in [0.2, 0.25) is 0 Å². The Labute approximate surface area is 151 Å². The second kappa shape index (κ2) is 5.73. The summed E-state index contributed by atoms with van der Waals surface area (Å²) in [6.45, 7) is 0. The third kappa shape index (κ3) is 2.57. The number of imidazole rings is 1. The summed E-state index contributed by atoms with van der Waals surface area (Å²) in [5, 5.41) is 4.42. The van der Waals surface area contributed by atoms with Gasteiger partial charge >= 0.3 is 5.69 Å². The van der Waals surface area contributed by atoms with E-state index in [4.69, 9.17) is 0 Å². The number of H-pyrrole nitrogens is 2. The van der Waals surface area contributed by atoms with Crippen LogP contribution in [0, 0.1) is 5.82 Å². The molecule has 0 bridgehead atoms. The number of fused-ring (bicyclic) bond motifs is 1. The molecule has 1 fully saturated rings. The van der Waals surface area contributed by atoms with Gasteiger partial charge in [-0.1, -0.05) is 18.2 Å². The molecule has 1 saturated carbocycles. The fourth-order valence-corrected chi connectivity index (χ4v) is 3.60. The van der Waals surface area contributed by atoms with Crippen molar-refractivity contribution in [1.29, 1.82) is 0 Å². The average Bonchev–Trinajstić information content (AvgIpc) is 3.29. The molecule has 0 aliphatic heterocycles.